The Labute approximate surface area is 147 Å². The van der Waals surface area contributed by atoms with Gasteiger partial charge in [-0.05, 0) is 48.8 Å². The molecular weight excluding hydrogens is 316 g/mol. The van der Waals surface area contributed by atoms with Gasteiger partial charge in [-0.15, -0.1) is 0 Å². The van der Waals surface area contributed by atoms with Crippen LogP contribution in [0.2, 0.25) is 0 Å². The minimum Gasteiger partial charge on any atom is -0.375 e. The van der Waals surface area contributed by atoms with Crippen molar-refractivity contribution in [3.8, 4) is 0 Å². The van der Waals surface area contributed by atoms with E-state index in [2.05, 4.69) is 4.98 Å². The number of benzene rings is 1. The molecule has 1 aromatic carbocycles. The van der Waals surface area contributed by atoms with Crippen LogP contribution in [0, 0.1) is 5.92 Å². The van der Waals surface area contributed by atoms with Gasteiger partial charge in [0, 0.05) is 36.8 Å². The Hall–Kier alpha value is -1.85. The summed E-state index contributed by atoms with van der Waals surface area (Å²) in [6.45, 7) is 2.99. The average molecular weight is 340 g/mol. The number of fused-ring (bicyclic) bond motifs is 1. The second-order valence-corrected chi connectivity index (χ2v) is 7.85. The van der Waals surface area contributed by atoms with Gasteiger partial charge in [0.25, 0.3) is 5.91 Å². The van der Waals surface area contributed by atoms with Gasteiger partial charge in [0.05, 0.1) is 24.9 Å². The predicted molar refractivity (Wildman–Crippen MR) is 94.6 cm³/mol. The summed E-state index contributed by atoms with van der Waals surface area (Å²) in [5.41, 5.74) is 1.55. The first-order chi connectivity index (χ1) is 12.2. The second-order valence-electron chi connectivity index (χ2n) is 7.85. The van der Waals surface area contributed by atoms with Crippen LogP contribution in [0.15, 0.2) is 30.5 Å². The summed E-state index contributed by atoms with van der Waals surface area (Å²) < 4.78 is 12.1. The fourth-order valence-corrected chi connectivity index (χ4v) is 4.13. The lowest BCUT2D eigenvalue weighted by Crippen LogP contribution is -2.36. The van der Waals surface area contributed by atoms with Gasteiger partial charge >= 0.3 is 0 Å². The number of aromatic nitrogens is 1. The highest BCUT2D eigenvalue weighted by Gasteiger charge is 2.47. The monoisotopic (exact) mass is 340 g/mol. The third-order valence-corrected chi connectivity index (χ3v) is 5.85. The van der Waals surface area contributed by atoms with E-state index in [4.69, 9.17) is 9.47 Å². The van der Waals surface area contributed by atoms with Gasteiger partial charge in [-0.2, -0.15) is 0 Å². The third-order valence-electron chi connectivity index (χ3n) is 5.85. The molecule has 25 heavy (non-hydrogen) atoms. The van der Waals surface area contributed by atoms with Crippen molar-refractivity contribution in [3.63, 3.8) is 0 Å². The third kappa shape index (κ3) is 2.96. The molecule has 1 aliphatic carbocycles. The van der Waals surface area contributed by atoms with Crippen LogP contribution in [0.1, 0.15) is 36.0 Å². The van der Waals surface area contributed by atoms with Crippen molar-refractivity contribution in [3.05, 3.63) is 36.0 Å². The Balaban J connectivity index is 1.24. The van der Waals surface area contributed by atoms with Gasteiger partial charge in [-0.3, -0.25) is 4.79 Å². The molecule has 1 saturated carbocycles. The van der Waals surface area contributed by atoms with Crippen LogP contribution in [0.4, 0.5) is 0 Å². The molecule has 1 N–H and O–H groups in total. The maximum absolute atomic E-state index is 12.9. The zero-order chi connectivity index (χ0) is 16.9. The second kappa shape index (κ2) is 5.85. The molecule has 2 aromatic rings. The normalized spacial score (nSPS) is 29.1. The standard InChI is InChI=1S/C20H24N2O3/c23-19(16-4-3-15-5-7-21-18(15)9-16)22-8-6-20(13-22)10-17(12-25-20)24-11-14-1-2-14/h3-5,7,9,14,17,21H,1-2,6,8,10-13H2/t17-,20+/m1/s1. The Bertz CT molecular complexity index is 797. The fraction of sp³-hybridized carbons (Fsp3) is 0.550. The van der Waals surface area contributed by atoms with E-state index in [0.717, 1.165) is 48.4 Å². The Morgan fingerprint density at radius 3 is 3.16 bits per heavy atom. The lowest BCUT2D eigenvalue weighted by Gasteiger charge is -2.23. The van der Waals surface area contributed by atoms with Crippen molar-refractivity contribution in [2.45, 2.75) is 37.4 Å². The molecule has 2 aliphatic heterocycles. The quantitative estimate of drug-likeness (QED) is 0.931. The molecule has 1 aromatic heterocycles. The molecule has 1 amide bonds. The minimum absolute atomic E-state index is 0.0966. The summed E-state index contributed by atoms with van der Waals surface area (Å²) in [5.74, 6) is 0.875. The summed E-state index contributed by atoms with van der Waals surface area (Å²) in [5, 5.41) is 1.13. The Morgan fingerprint density at radius 1 is 1.36 bits per heavy atom. The lowest BCUT2D eigenvalue weighted by molar-refractivity contribution is 0.00157. The largest absolute Gasteiger partial charge is 0.375 e. The zero-order valence-corrected chi connectivity index (χ0v) is 14.4. The number of carbonyl (C=O) groups is 1. The highest BCUT2D eigenvalue weighted by atomic mass is 16.6. The number of ether oxygens (including phenoxy) is 2. The van der Waals surface area contributed by atoms with Crippen LogP contribution in [0.25, 0.3) is 10.9 Å². The van der Waals surface area contributed by atoms with E-state index < -0.39 is 0 Å². The summed E-state index contributed by atoms with van der Waals surface area (Å²) in [6.07, 6.45) is 6.55. The first-order valence-corrected chi connectivity index (χ1v) is 9.33. The maximum Gasteiger partial charge on any atom is 0.254 e. The molecule has 0 bridgehead atoms. The van der Waals surface area contributed by atoms with Gasteiger partial charge in [0.15, 0.2) is 0 Å². The summed E-state index contributed by atoms with van der Waals surface area (Å²) in [6, 6.07) is 7.88. The SMILES string of the molecule is O=C(c1ccc2cc[nH]c2c1)N1CC[C@]2(C[C@@H](OCC3CC3)CO2)C1. The highest BCUT2D eigenvalue weighted by Crippen LogP contribution is 2.38. The topological polar surface area (TPSA) is 54.6 Å². The maximum atomic E-state index is 12.9. The number of aromatic amines is 1. The molecule has 0 radical (unpaired) electrons. The average Bonchev–Trinajstić information content (AvgIpc) is 3.04. The van der Waals surface area contributed by atoms with Crippen molar-refractivity contribution >= 4 is 16.8 Å². The molecule has 5 nitrogen and oxygen atoms in total. The molecule has 2 saturated heterocycles. The van der Waals surface area contributed by atoms with Gasteiger partial charge in [0.1, 0.15) is 0 Å². The van der Waals surface area contributed by atoms with Gasteiger partial charge < -0.3 is 19.4 Å². The van der Waals surface area contributed by atoms with E-state index in [0.29, 0.717) is 13.2 Å². The number of H-pyrrole nitrogens is 1. The number of amides is 1. The molecule has 1 spiro atoms. The van der Waals surface area contributed by atoms with Crippen molar-refractivity contribution < 1.29 is 14.3 Å². The summed E-state index contributed by atoms with van der Waals surface area (Å²) >= 11 is 0. The van der Waals surface area contributed by atoms with E-state index in [9.17, 15) is 4.79 Å². The van der Waals surface area contributed by atoms with Crippen LogP contribution in [0.5, 0.6) is 0 Å². The van der Waals surface area contributed by atoms with E-state index in [1.807, 2.05) is 35.4 Å². The number of hydrogen-bond acceptors (Lipinski definition) is 3. The summed E-state index contributed by atoms with van der Waals surface area (Å²) in [4.78, 5) is 18.0. The van der Waals surface area contributed by atoms with Crippen LogP contribution in [-0.2, 0) is 9.47 Å². The first-order valence-electron chi connectivity index (χ1n) is 9.33. The van der Waals surface area contributed by atoms with E-state index >= 15 is 0 Å². The zero-order valence-electron chi connectivity index (χ0n) is 14.4. The van der Waals surface area contributed by atoms with Gasteiger partial charge in [-0.25, -0.2) is 0 Å². The van der Waals surface area contributed by atoms with Crippen LogP contribution in [0.3, 0.4) is 0 Å². The first kappa shape index (κ1) is 15.4. The van der Waals surface area contributed by atoms with E-state index in [-0.39, 0.29) is 17.6 Å². The number of likely N-dealkylation sites (tertiary alicyclic amines) is 1. The van der Waals surface area contributed by atoms with Crippen molar-refractivity contribution in [2.24, 2.45) is 5.92 Å². The Morgan fingerprint density at radius 2 is 2.28 bits per heavy atom. The molecule has 0 unspecified atom stereocenters. The van der Waals surface area contributed by atoms with E-state index in [1.165, 1.54) is 12.8 Å². The van der Waals surface area contributed by atoms with Crippen LogP contribution >= 0.6 is 0 Å². The molecule has 5 rings (SSSR count). The molecule has 3 heterocycles. The molecule has 2 atom stereocenters. The summed E-state index contributed by atoms with van der Waals surface area (Å²) in [7, 11) is 0. The molecule has 5 heteroatoms. The van der Waals surface area contributed by atoms with Crippen LogP contribution in [-0.4, -0.2) is 53.8 Å². The van der Waals surface area contributed by atoms with Crippen LogP contribution < -0.4 is 0 Å². The fourth-order valence-electron chi connectivity index (χ4n) is 4.13. The number of nitrogens with zero attached hydrogens (tertiary/aromatic N) is 1. The van der Waals surface area contributed by atoms with Crippen molar-refractivity contribution in [1.82, 2.24) is 9.88 Å². The number of nitrogens with one attached hydrogen (secondary N) is 1. The minimum atomic E-state index is -0.194. The predicted octanol–water partition coefficient (Wildman–Crippen LogP) is 2.97. The Kier molecular flexibility index (Phi) is 3.61. The molecule has 3 aliphatic rings. The lowest BCUT2D eigenvalue weighted by atomic mass is 9.98. The molecule has 3 fully saturated rings. The van der Waals surface area contributed by atoms with Crippen molar-refractivity contribution in [1.29, 1.82) is 0 Å². The highest BCUT2D eigenvalue weighted by molar-refractivity contribution is 5.98. The number of rotatable bonds is 4. The van der Waals surface area contributed by atoms with E-state index in [1.54, 1.807) is 0 Å². The molecule has 132 valence electrons. The van der Waals surface area contributed by atoms with Gasteiger partial charge in [0.2, 0.25) is 0 Å². The molecular formula is C20H24N2O3. The smallest absolute Gasteiger partial charge is 0.254 e. The number of hydrogen-bond donors (Lipinski definition) is 1. The van der Waals surface area contributed by atoms with Gasteiger partial charge in [-0.1, -0.05) is 6.07 Å². The number of carbonyl (C=O) groups excluding carboxylic acids is 1. The van der Waals surface area contributed by atoms with Crippen molar-refractivity contribution in [2.75, 3.05) is 26.3 Å².